The van der Waals surface area contributed by atoms with Gasteiger partial charge in [-0.25, -0.2) is 0 Å². The molecule has 0 aromatic heterocycles. The van der Waals surface area contributed by atoms with Crippen LogP contribution < -0.4 is 0 Å². The van der Waals surface area contributed by atoms with Crippen molar-refractivity contribution in [3.63, 3.8) is 0 Å². The standard InChI is InChI=1S/C33H50O7/c1-18(2)27(36)29(40-21(5)35)28(39-20(4)34)19(3)24-8-9-25-23-17-33(37-14-15-38-33)32-16-22(32)10-13-31(32,7)26(23)11-12-30(24,25)6/h18-19,22-26,28-29H,8-17H2,1-7H3/t19-,22-,23-,24?,25-,26-,28+,29-,30+,31+,32+/m0/s1. The summed E-state index contributed by atoms with van der Waals surface area (Å²) in [5, 5.41) is 0. The molecule has 0 aromatic rings. The summed E-state index contributed by atoms with van der Waals surface area (Å²) in [6, 6.07) is 0. The van der Waals surface area contributed by atoms with Crippen molar-refractivity contribution in [2.24, 2.45) is 57.7 Å². The van der Waals surface area contributed by atoms with Crippen molar-refractivity contribution in [1.82, 2.24) is 0 Å². The highest BCUT2D eigenvalue weighted by Gasteiger charge is 2.84. The molecule has 5 aliphatic carbocycles. The summed E-state index contributed by atoms with van der Waals surface area (Å²) in [6.45, 7) is 14.8. The van der Waals surface area contributed by atoms with Crippen LogP contribution in [0.3, 0.4) is 0 Å². The number of hydrogen-bond acceptors (Lipinski definition) is 7. The quantitative estimate of drug-likeness (QED) is 0.369. The second-order valence-electron chi connectivity index (χ2n) is 15.1. The lowest BCUT2D eigenvalue weighted by atomic mass is 9.44. The molecular formula is C33H50O7. The zero-order valence-electron chi connectivity index (χ0n) is 25.6. The Bertz CT molecular complexity index is 1060. The summed E-state index contributed by atoms with van der Waals surface area (Å²) >= 11 is 0. The van der Waals surface area contributed by atoms with E-state index in [1.54, 1.807) is 13.8 Å². The number of esters is 2. The van der Waals surface area contributed by atoms with E-state index in [0.717, 1.165) is 31.6 Å². The average Bonchev–Trinajstić information content (AvgIpc) is 3.13. The molecule has 7 nitrogen and oxygen atoms in total. The first-order valence-corrected chi connectivity index (χ1v) is 16.0. The second-order valence-corrected chi connectivity index (χ2v) is 15.1. The van der Waals surface area contributed by atoms with Crippen molar-refractivity contribution in [2.75, 3.05) is 13.2 Å². The summed E-state index contributed by atoms with van der Waals surface area (Å²) in [4.78, 5) is 37.7. The summed E-state index contributed by atoms with van der Waals surface area (Å²) in [5.74, 6) is 0.706. The molecule has 224 valence electrons. The molecule has 11 atom stereocenters. The van der Waals surface area contributed by atoms with Crippen LogP contribution in [0.2, 0.25) is 0 Å². The fraction of sp³-hybridized carbons (Fsp3) is 0.909. The molecular weight excluding hydrogens is 508 g/mol. The predicted molar refractivity (Wildman–Crippen MR) is 148 cm³/mol. The Labute approximate surface area is 239 Å². The third kappa shape index (κ3) is 3.77. The van der Waals surface area contributed by atoms with E-state index in [2.05, 4.69) is 20.8 Å². The van der Waals surface area contributed by atoms with Gasteiger partial charge >= 0.3 is 11.9 Å². The lowest BCUT2D eigenvalue weighted by molar-refractivity contribution is -0.294. The Hall–Kier alpha value is -1.47. The van der Waals surface area contributed by atoms with Gasteiger partial charge in [-0.2, -0.15) is 0 Å². The summed E-state index contributed by atoms with van der Waals surface area (Å²) in [6.07, 6.45) is 7.47. The molecule has 0 bridgehead atoms. The minimum Gasteiger partial charge on any atom is -0.458 e. The molecule has 40 heavy (non-hydrogen) atoms. The summed E-state index contributed by atoms with van der Waals surface area (Å²) < 4.78 is 24.8. The molecule has 5 saturated carbocycles. The second kappa shape index (κ2) is 9.52. The molecule has 1 unspecified atom stereocenters. The van der Waals surface area contributed by atoms with E-state index in [0.29, 0.717) is 31.0 Å². The van der Waals surface area contributed by atoms with E-state index in [9.17, 15) is 14.4 Å². The van der Waals surface area contributed by atoms with E-state index in [4.69, 9.17) is 18.9 Å². The number of rotatable bonds is 7. The van der Waals surface area contributed by atoms with E-state index in [-0.39, 0.29) is 39.8 Å². The van der Waals surface area contributed by atoms with Gasteiger partial charge in [-0.3, -0.25) is 14.4 Å². The molecule has 1 heterocycles. The topological polar surface area (TPSA) is 88.1 Å². The first-order chi connectivity index (χ1) is 18.8. The first-order valence-electron chi connectivity index (χ1n) is 16.0. The summed E-state index contributed by atoms with van der Waals surface area (Å²) in [7, 11) is 0. The first kappa shape index (κ1) is 28.6. The molecule has 0 amide bonds. The van der Waals surface area contributed by atoms with E-state index in [1.807, 2.05) is 0 Å². The highest BCUT2D eigenvalue weighted by molar-refractivity contribution is 5.87. The van der Waals surface area contributed by atoms with E-state index in [1.165, 1.54) is 39.5 Å². The Kier molecular flexibility index (Phi) is 6.82. The number of carbonyl (C=O) groups excluding carboxylic acids is 3. The van der Waals surface area contributed by atoms with E-state index < -0.39 is 29.9 Å². The highest BCUT2D eigenvalue weighted by Crippen LogP contribution is 2.85. The average molecular weight is 559 g/mol. The van der Waals surface area contributed by atoms with Crippen molar-refractivity contribution in [2.45, 2.75) is 118 Å². The van der Waals surface area contributed by atoms with Gasteiger partial charge in [0.25, 0.3) is 0 Å². The monoisotopic (exact) mass is 558 g/mol. The van der Waals surface area contributed by atoms with Crippen molar-refractivity contribution in [3.8, 4) is 0 Å². The maximum atomic E-state index is 13.3. The van der Waals surface area contributed by atoms with Crippen LogP contribution >= 0.6 is 0 Å². The van der Waals surface area contributed by atoms with Gasteiger partial charge in [-0.05, 0) is 85.4 Å². The molecule has 1 saturated heterocycles. The van der Waals surface area contributed by atoms with Crippen LogP contribution in [0.15, 0.2) is 0 Å². The van der Waals surface area contributed by atoms with Crippen molar-refractivity contribution >= 4 is 17.7 Å². The Morgan fingerprint density at radius 2 is 1.50 bits per heavy atom. The maximum Gasteiger partial charge on any atom is 0.303 e. The maximum absolute atomic E-state index is 13.3. The Balaban J connectivity index is 1.31. The zero-order valence-corrected chi connectivity index (χ0v) is 25.6. The fourth-order valence-electron chi connectivity index (χ4n) is 11.7. The SMILES string of the molecule is CC(=O)O[C@@H]([C@@H](OC(C)=O)C(=O)C(C)C)[C@@H](C)C1CC[C@H]2[C@@H]3CC4(OCCO4)[C@]45C[C@@H]4CC[C@]5(C)[C@H]3CC[C@]12C. The highest BCUT2D eigenvalue weighted by atomic mass is 16.7. The van der Waals surface area contributed by atoms with Gasteiger partial charge in [0.2, 0.25) is 0 Å². The molecule has 6 rings (SSSR count). The molecule has 1 aliphatic heterocycles. The number of carbonyl (C=O) groups is 3. The van der Waals surface area contributed by atoms with Crippen LogP contribution in [0.25, 0.3) is 0 Å². The van der Waals surface area contributed by atoms with Crippen LogP contribution in [-0.4, -0.2) is 48.9 Å². The normalized spacial score (nSPS) is 44.6. The number of hydrogen-bond donors (Lipinski definition) is 0. The number of Topliss-reactive ketones (excluding diaryl/α,β-unsaturated/α-hetero) is 1. The third-order valence-corrected chi connectivity index (χ3v) is 13.3. The van der Waals surface area contributed by atoms with Gasteiger partial charge in [0.1, 0.15) is 6.10 Å². The van der Waals surface area contributed by atoms with Gasteiger partial charge in [-0.15, -0.1) is 0 Å². The molecule has 0 aromatic carbocycles. The van der Waals surface area contributed by atoms with Gasteiger partial charge < -0.3 is 18.9 Å². The van der Waals surface area contributed by atoms with Crippen LogP contribution in [-0.2, 0) is 33.3 Å². The van der Waals surface area contributed by atoms with Crippen molar-refractivity contribution < 1.29 is 33.3 Å². The Morgan fingerprint density at radius 1 is 0.825 bits per heavy atom. The van der Waals surface area contributed by atoms with Crippen LogP contribution in [0.5, 0.6) is 0 Å². The minimum absolute atomic E-state index is 0.0445. The fourth-order valence-corrected chi connectivity index (χ4v) is 11.7. The van der Waals surface area contributed by atoms with Gasteiger partial charge in [0.15, 0.2) is 17.7 Å². The zero-order chi connectivity index (χ0) is 28.8. The van der Waals surface area contributed by atoms with Gasteiger partial charge in [-0.1, -0.05) is 34.6 Å². The molecule has 6 aliphatic rings. The van der Waals surface area contributed by atoms with Gasteiger partial charge in [0.05, 0.1) is 13.2 Å². The molecule has 0 N–H and O–H groups in total. The molecule has 7 heteroatoms. The number of fused-ring (bicyclic) bond motifs is 4. The van der Waals surface area contributed by atoms with Crippen LogP contribution in [0.4, 0.5) is 0 Å². The minimum atomic E-state index is -1.09. The molecule has 2 spiro atoms. The van der Waals surface area contributed by atoms with E-state index >= 15 is 0 Å². The molecule has 6 fully saturated rings. The molecule has 0 radical (unpaired) electrons. The van der Waals surface area contributed by atoms with Crippen LogP contribution in [0, 0.1) is 57.7 Å². The predicted octanol–water partition coefficient (Wildman–Crippen LogP) is 5.72. The smallest absolute Gasteiger partial charge is 0.303 e. The third-order valence-electron chi connectivity index (χ3n) is 13.3. The van der Waals surface area contributed by atoms with Crippen molar-refractivity contribution in [1.29, 1.82) is 0 Å². The Morgan fingerprint density at radius 3 is 2.10 bits per heavy atom. The summed E-state index contributed by atoms with van der Waals surface area (Å²) in [5.41, 5.74) is 0.509. The largest absolute Gasteiger partial charge is 0.458 e. The van der Waals surface area contributed by atoms with Crippen molar-refractivity contribution in [3.05, 3.63) is 0 Å². The van der Waals surface area contributed by atoms with Gasteiger partial charge in [0, 0.05) is 37.5 Å². The number of ether oxygens (including phenoxy) is 4. The lowest BCUT2D eigenvalue weighted by Crippen LogP contribution is -2.62. The number of ketones is 1. The lowest BCUT2D eigenvalue weighted by Gasteiger charge is -2.63. The van der Waals surface area contributed by atoms with Crippen LogP contribution in [0.1, 0.15) is 99.8 Å².